The number of ether oxygens (including phenoxy) is 1. The number of carbonyl (C=O) groups is 1. The summed E-state index contributed by atoms with van der Waals surface area (Å²) in [6, 6.07) is 5.90. The Labute approximate surface area is 139 Å². The van der Waals surface area contributed by atoms with E-state index in [1.807, 2.05) is 0 Å². The van der Waals surface area contributed by atoms with E-state index in [9.17, 15) is 9.18 Å². The third-order valence-corrected chi connectivity index (χ3v) is 4.45. The molecule has 1 amide bonds. The molecule has 0 bridgehead atoms. The second kappa shape index (κ2) is 6.52. The number of amides is 1. The molecule has 3 rings (SSSR count). The summed E-state index contributed by atoms with van der Waals surface area (Å²) < 4.78 is 18.9. The Bertz CT molecular complexity index is 760. The van der Waals surface area contributed by atoms with Gasteiger partial charge in [0, 0.05) is 12.1 Å². The van der Waals surface area contributed by atoms with Crippen LogP contribution >= 0.6 is 0 Å². The topological polar surface area (TPSA) is 90.1 Å². The van der Waals surface area contributed by atoms with Gasteiger partial charge in [0.1, 0.15) is 23.3 Å². The van der Waals surface area contributed by atoms with E-state index >= 15 is 0 Å². The van der Waals surface area contributed by atoms with E-state index in [-0.39, 0.29) is 0 Å². The number of nitrogens with two attached hydrogens (primary N) is 1. The summed E-state index contributed by atoms with van der Waals surface area (Å²) in [5.74, 6) is -0.323. The normalized spacial score (nSPS) is 20.6. The molecule has 2 heterocycles. The summed E-state index contributed by atoms with van der Waals surface area (Å²) in [5, 5.41) is 3.20. The monoisotopic (exact) mass is 330 g/mol. The first-order chi connectivity index (χ1) is 11.6. The molecule has 1 unspecified atom stereocenters. The Morgan fingerprint density at radius 1 is 1.38 bits per heavy atom. The van der Waals surface area contributed by atoms with Gasteiger partial charge in [0.2, 0.25) is 5.91 Å². The van der Waals surface area contributed by atoms with Gasteiger partial charge in [0.05, 0.1) is 18.5 Å². The van der Waals surface area contributed by atoms with Gasteiger partial charge in [-0.1, -0.05) is 0 Å². The Morgan fingerprint density at radius 2 is 2.21 bits per heavy atom. The minimum atomic E-state index is -0.878. The molecule has 1 aromatic heterocycles. The van der Waals surface area contributed by atoms with E-state index in [1.165, 1.54) is 25.6 Å². The van der Waals surface area contributed by atoms with Gasteiger partial charge in [-0.15, -0.1) is 0 Å². The number of aromatic nitrogens is 2. The second-order valence-electron chi connectivity index (χ2n) is 5.86. The maximum atomic E-state index is 13.6. The van der Waals surface area contributed by atoms with Crippen LogP contribution in [0, 0.1) is 5.82 Å². The van der Waals surface area contributed by atoms with Crippen LogP contribution in [0.25, 0.3) is 11.3 Å². The molecule has 6 nitrogen and oxygen atoms in total. The van der Waals surface area contributed by atoms with Gasteiger partial charge in [-0.2, -0.15) is 0 Å². The van der Waals surface area contributed by atoms with Crippen molar-refractivity contribution in [2.45, 2.75) is 18.3 Å². The van der Waals surface area contributed by atoms with Crippen LogP contribution in [0.5, 0.6) is 5.75 Å². The molecule has 1 aliphatic rings. The fourth-order valence-electron chi connectivity index (χ4n) is 3.11. The van der Waals surface area contributed by atoms with Crippen LogP contribution in [0.4, 0.5) is 4.39 Å². The molecule has 7 heteroatoms. The number of rotatable bonds is 4. The Morgan fingerprint density at radius 3 is 2.88 bits per heavy atom. The quantitative estimate of drug-likeness (QED) is 0.884. The van der Waals surface area contributed by atoms with Crippen molar-refractivity contribution in [3.8, 4) is 17.0 Å². The molecule has 1 atom stereocenters. The number of piperidine rings is 1. The van der Waals surface area contributed by atoms with Crippen LogP contribution < -0.4 is 15.8 Å². The smallest absolute Gasteiger partial charge is 0.230 e. The van der Waals surface area contributed by atoms with Crippen molar-refractivity contribution in [1.82, 2.24) is 15.3 Å². The number of nitrogens with zero attached hydrogens (tertiary/aromatic N) is 2. The first-order valence-corrected chi connectivity index (χ1v) is 7.74. The lowest BCUT2D eigenvalue weighted by Gasteiger charge is -2.34. The van der Waals surface area contributed by atoms with E-state index in [0.29, 0.717) is 35.7 Å². The zero-order valence-electron chi connectivity index (χ0n) is 13.4. The summed E-state index contributed by atoms with van der Waals surface area (Å²) in [4.78, 5) is 20.6. The van der Waals surface area contributed by atoms with Crippen molar-refractivity contribution in [2.75, 3.05) is 20.2 Å². The largest absolute Gasteiger partial charge is 0.496 e. The van der Waals surface area contributed by atoms with Gasteiger partial charge in [-0.05, 0) is 43.7 Å². The molecule has 0 spiro atoms. The van der Waals surface area contributed by atoms with E-state index in [2.05, 4.69) is 15.3 Å². The number of halogens is 1. The minimum Gasteiger partial charge on any atom is -0.496 e. The molecule has 1 aliphatic heterocycles. The molecule has 1 fully saturated rings. The van der Waals surface area contributed by atoms with Crippen molar-refractivity contribution in [3.63, 3.8) is 0 Å². The highest BCUT2D eigenvalue weighted by atomic mass is 19.1. The van der Waals surface area contributed by atoms with Gasteiger partial charge < -0.3 is 15.8 Å². The zero-order chi connectivity index (χ0) is 17.2. The van der Waals surface area contributed by atoms with Gasteiger partial charge >= 0.3 is 0 Å². The molecule has 3 N–H and O–H groups in total. The maximum absolute atomic E-state index is 13.6. The third kappa shape index (κ3) is 2.82. The first-order valence-electron chi connectivity index (χ1n) is 7.74. The Hall–Kier alpha value is -2.54. The predicted molar refractivity (Wildman–Crippen MR) is 87.0 cm³/mol. The molecule has 0 radical (unpaired) electrons. The second-order valence-corrected chi connectivity index (χ2v) is 5.86. The number of nitrogens with one attached hydrogen (secondary N) is 1. The highest BCUT2D eigenvalue weighted by molar-refractivity contribution is 5.87. The maximum Gasteiger partial charge on any atom is 0.230 e. The van der Waals surface area contributed by atoms with Gasteiger partial charge in [-0.3, -0.25) is 4.79 Å². The standard InChI is InChI=1S/C17H19FN4O2/c1-24-14-4-3-11(18)7-12(14)13-8-15(22-10-21-13)17(16(19)23)5-2-6-20-9-17/h3-4,7-8,10,20H,2,5-6,9H2,1H3,(H2,19,23). The van der Waals surface area contributed by atoms with E-state index in [0.717, 1.165) is 13.0 Å². The average molecular weight is 330 g/mol. The van der Waals surface area contributed by atoms with Crippen LogP contribution in [0.15, 0.2) is 30.6 Å². The molecular formula is C17H19FN4O2. The molecule has 1 saturated heterocycles. The lowest BCUT2D eigenvalue weighted by Crippen LogP contribution is -2.52. The van der Waals surface area contributed by atoms with Gasteiger partial charge in [-0.25, -0.2) is 14.4 Å². The lowest BCUT2D eigenvalue weighted by molar-refractivity contribution is -0.124. The fraction of sp³-hybridized carbons (Fsp3) is 0.353. The number of hydrogen-bond acceptors (Lipinski definition) is 5. The van der Waals surface area contributed by atoms with Crippen molar-refractivity contribution in [1.29, 1.82) is 0 Å². The fourth-order valence-corrected chi connectivity index (χ4v) is 3.11. The lowest BCUT2D eigenvalue weighted by atomic mass is 9.76. The summed E-state index contributed by atoms with van der Waals surface area (Å²) in [5.41, 5.74) is 6.33. The first kappa shape index (κ1) is 16.3. The van der Waals surface area contributed by atoms with Crippen molar-refractivity contribution in [2.24, 2.45) is 5.73 Å². The highest BCUT2D eigenvalue weighted by Gasteiger charge is 2.41. The number of carbonyl (C=O) groups excluding carboxylic acids is 1. The van der Waals surface area contributed by atoms with E-state index in [4.69, 9.17) is 10.5 Å². The molecule has 1 aromatic carbocycles. The number of primary amides is 1. The molecular weight excluding hydrogens is 311 g/mol. The summed E-state index contributed by atoms with van der Waals surface area (Å²) in [6.45, 7) is 1.27. The van der Waals surface area contributed by atoms with Crippen LogP contribution in [-0.2, 0) is 10.2 Å². The average Bonchev–Trinajstić information content (AvgIpc) is 2.62. The Balaban J connectivity index is 2.09. The number of methoxy groups -OCH3 is 1. The van der Waals surface area contributed by atoms with Crippen molar-refractivity contribution >= 4 is 5.91 Å². The molecule has 0 saturated carbocycles. The van der Waals surface area contributed by atoms with Gasteiger partial charge in [0.25, 0.3) is 0 Å². The molecule has 126 valence electrons. The SMILES string of the molecule is COc1ccc(F)cc1-c1cc(C2(C(N)=O)CCCNC2)ncn1. The van der Waals surface area contributed by atoms with Crippen LogP contribution in [0.2, 0.25) is 0 Å². The molecule has 0 aliphatic carbocycles. The highest BCUT2D eigenvalue weighted by Crippen LogP contribution is 2.34. The third-order valence-electron chi connectivity index (χ3n) is 4.45. The Kier molecular flexibility index (Phi) is 4.44. The van der Waals surface area contributed by atoms with Crippen LogP contribution in [0.3, 0.4) is 0 Å². The van der Waals surface area contributed by atoms with E-state index in [1.54, 1.807) is 12.1 Å². The van der Waals surface area contributed by atoms with E-state index < -0.39 is 17.1 Å². The molecule has 2 aromatic rings. The summed E-state index contributed by atoms with van der Waals surface area (Å²) in [7, 11) is 1.51. The minimum absolute atomic E-state index is 0.394. The summed E-state index contributed by atoms with van der Waals surface area (Å²) in [6.07, 6.45) is 2.81. The van der Waals surface area contributed by atoms with Crippen LogP contribution in [-0.4, -0.2) is 36.1 Å². The number of hydrogen-bond donors (Lipinski definition) is 2. The van der Waals surface area contributed by atoms with Crippen LogP contribution in [0.1, 0.15) is 18.5 Å². The van der Waals surface area contributed by atoms with Crippen molar-refractivity contribution < 1.29 is 13.9 Å². The van der Waals surface area contributed by atoms with Crippen molar-refractivity contribution in [3.05, 3.63) is 42.1 Å². The predicted octanol–water partition coefficient (Wildman–Crippen LogP) is 1.40. The van der Waals surface area contributed by atoms with Gasteiger partial charge in [0.15, 0.2) is 0 Å². The summed E-state index contributed by atoms with van der Waals surface area (Å²) >= 11 is 0. The zero-order valence-corrected chi connectivity index (χ0v) is 13.4. The number of benzene rings is 1. The molecule has 24 heavy (non-hydrogen) atoms.